The van der Waals surface area contributed by atoms with Crippen LogP contribution in [0.5, 0.6) is 0 Å². The maximum absolute atomic E-state index is 12.7. The van der Waals surface area contributed by atoms with Crippen molar-refractivity contribution in [1.82, 2.24) is 15.2 Å². The third kappa shape index (κ3) is 3.26. The largest absolute Gasteiger partial charge is 0.342 e. The van der Waals surface area contributed by atoms with Crippen LogP contribution in [-0.2, 0) is 16.1 Å². The van der Waals surface area contributed by atoms with Gasteiger partial charge in [0.15, 0.2) is 0 Å². The molecule has 1 aliphatic heterocycles. The van der Waals surface area contributed by atoms with Gasteiger partial charge in [-0.15, -0.1) is 11.3 Å². The van der Waals surface area contributed by atoms with Gasteiger partial charge in [-0.3, -0.25) is 9.59 Å². The number of aryl methyl sites for hydroxylation is 1. The second-order valence-corrected chi connectivity index (χ2v) is 6.59. The Bertz CT molecular complexity index is 529. The average molecular weight is 309 g/mol. The minimum Gasteiger partial charge on any atom is -0.342 e. The maximum Gasteiger partial charge on any atom is 0.246 e. The summed E-state index contributed by atoms with van der Waals surface area (Å²) in [6.07, 6.45) is 1.48. The first kappa shape index (κ1) is 15.9. The van der Waals surface area contributed by atoms with Gasteiger partial charge in [-0.1, -0.05) is 27.2 Å². The Morgan fingerprint density at radius 3 is 2.67 bits per heavy atom. The van der Waals surface area contributed by atoms with Gasteiger partial charge in [-0.05, 0) is 19.3 Å². The summed E-state index contributed by atoms with van der Waals surface area (Å²) in [6.45, 7) is 8.33. The molecule has 116 valence electrons. The molecular weight excluding hydrogens is 286 g/mol. The first-order valence-corrected chi connectivity index (χ1v) is 8.37. The van der Waals surface area contributed by atoms with Crippen LogP contribution < -0.4 is 5.32 Å². The van der Waals surface area contributed by atoms with Gasteiger partial charge in [0.1, 0.15) is 17.1 Å². The highest BCUT2D eigenvalue weighted by atomic mass is 32.1. The minimum atomic E-state index is -0.411. The van der Waals surface area contributed by atoms with E-state index in [9.17, 15) is 9.59 Å². The lowest BCUT2D eigenvalue weighted by Crippen LogP contribution is -2.64. The lowest BCUT2D eigenvalue weighted by atomic mass is 9.93. The molecule has 1 aromatic heterocycles. The number of hydrogen-bond acceptors (Lipinski definition) is 4. The number of piperazine rings is 1. The number of aromatic nitrogens is 1. The molecule has 0 bridgehead atoms. The molecule has 3 atom stereocenters. The van der Waals surface area contributed by atoms with Crippen LogP contribution in [0.15, 0.2) is 5.38 Å². The van der Waals surface area contributed by atoms with Gasteiger partial charge >= 0.3 is 0 Å². The molecule has 1 aliphatic rings. The Balaban J connectivity index is 2.24. The summed E-state index contributed by atoms with van der Waals surface area (Å²) < 4.78 is 0. The summed E-state index contributed by atoms with van der Waals surface area (Å²) in [6, 6.07) is -0.798. The fourth-order valence-electron chi connectivity index (χ4n) is 2.62. The molecule has 0 aliphatic carbocycles. The van der Waals surface area contributed by atoms with Gasteiger partial charge < -0.3 is 10.2 Å². The van der Waals surface area contributed by atoms with E-state index in [0.717, 1.165) is 17.1 Å². The van der Waals surface area contributed by atoms with Gasteiger partial charge in [0.05, 0.1) is 6.54 Å². The zero-order valence-corrected chi connectivity index (χ0v) is 13.9. The molecule has 0 radical (unpaired) electrons. The number of nitrogens with one attached hydrogen (secondary N) is 1. The van der Waals surface area contributed by atoms with E-state index >= 15 is 0 Å². The molecule has 1 saturated heterocycles. The number of carbonyl (C=O) groups is 2. The minimum absolute atomic E-state index is 0.0173. The SMILES string of the molecule is CCC(C)C1NC(=O)C(CC)N(Cc2nc(C)cs2)C1=O. The third-order valence-corrected chi connectivity index (χ3v) is 5.05. The highest BCUT2D eigenvalue weighted by molar-refractivity contribution is 7.09. The third-order valence-electron chi connectivity index (χ3n) is 4.10. The highest BCUT2D eigenvalue weighted by Crippen LogP contribution is 2.22. The zero-order valence-electron chi connectivity index (χ0n) is 13.0. The predicted octanol–water partition coefficient (Wildman–Crippen LogP) is 2.10. The monoisotopic (exact) mass is 309 g/mol. The molecule has 2 heterocycles. The Kier molecular flexibility index (Phi) is 4.98. The second kappa shape index (κ2) is 6.56. The van der Waals surface area contributed by atoms with E-state index in [-0.39, 0.29) is 23.8 Å². The van der Waals surface area contributed by atoms with Crippen molar-refractivity contribution < 1.29 is 9.59 Å². The summed E-state index contributed by atoms with van der Waals surface area (Å²) in [5.74, 6) is 0.110. The molecule has 1 N–H and O–H groups in total. The van der Waals surface area contributed by atoms with Crippen molar-refractivity contribution in [2.75, 3.05) is 0 Å². The van der Waals surface area contributed by atoms with Crippen LogP contribution in [0.2, 0.25) is 0 Å². The fourth-order valence-corrected chi connectivity index (χ4v) is 3.39. The van der Waals surface area contributed by atoms with E-state index in [2.05, 4.69) is 10.3 Å². The predicted molar refractivity (Wildman–Crippen MR) is 82.9 cm³/mol. The van der Waals surface area contributed by atoms with E-state index in [1.54, 1.807) is 4.90 Å². The molecule has 1 fully saturated rings. The van der Waals surface area contributed by atoms with Crippen LogP contribution in [0.3, 0.4) is 0 Å². The molecule has 3 unspecified atom stereocenters. The normalized spacial score (nSPS) is 24.1. The Morgan fingerprint density at radius 2 is 2.14 bits per heavy atom. The molecule has 0 saturated carbocycles. The summed E-state index contributed by atoms with van der Waals surface area (Å²) in [4.78, 5) is 31.1. The molecule has 6 heteroatoms. The van der Waals surface area contributed by atoms with E-state index in [1.807, 2.05) is 33.1 Å². The van der Waals surface area contributed by atoms with Crippen LogP contribution in [0.1, 0.15) is 44.3 Å². The summed E-state index contributed by atoms with van der Waals surface area (Å²) >= 11 is 1.54. The first-order valence-electron chi connectivity index (χ1n) is 7.49. The zero-order chi connectivity index (χ0) is 15.6. The van der Waals surface area contributed by atoms with Crippen LogP contribution >= 0.6 is 11.3 Å². The van der Waals surface area contributed by atoms with Crippen molar-refractivity contribution in [3.63, 3.8) is 0 Å². The molecule has 5 nitrogen and oxygen atoms in total. The number of nitrogens with zero attached hydrogens (tertiary/aromatic N) is 2. The topological polar surface area (TPSA) is 62.3 Å². The lowest BCUT2D eigenvalue weighted by molar-refractivity contribution is -0.151. The van der Waals surface area contributed by atoms with Crippen LogP contribution in [0.4, 0.5) is 0 Å². The van der Waals surface area contributed by atoms with Crippen LogP contribution in [0, 0.1) is 12.8 Å². The van der Waals surface area contributed by atoms with Gasteiger partial charge in [0.25, 0.3) is 0 Å². The quantitative estimate of drug-likeness (QED) is 0.906. The highest BCUT2D eigenvalue weighted by Gasteiger charge is 2.41. The molecule has 2 amide bonds. The Hall–Kier alpha value is -1.43. The standard InChI is InChI=1S/C15H23N3O2S/c1-5-9(3)13-15(20)18(11(6-2)14(19)17-13)7-12-16-10(4)8-21-12/h8-9,11,13H,5-7H2,1-4H3,(H,17,19). The number of hydrogen-bond donors (Lipinski definition) is 1. The van der Waals surface area contributed by atoms with E-state index < -0.39 is 6.04 Å². The van der Waals surface area contributed by atoms with Crippen molar-refractivity contribution in [3.8, 4) is 0 Å². The number of carbonyl (C=O) groups excluding carboxylic acids is 2. The van der Waals surface area contributed by atoms with Crippen molar-refractivity contribution in [2.24, 2.45) is 5.92 Å². The van der Waals surface area contributed by atoms with Gasteiger partial charge in [-0.2, -0.15) is 0 Å². The smallest absolute Gasteiger partial charge is 0.246 e. The van der Waals surface area contributed by atoms with E-state index in [1.165, 1.54) is 11.3 Å². The van der Waals surface area contributed by atoms with Crippen molar-refractivity contribution >= 4 is 23.2 Å². The summed E-state index contributed by atoms with van der Waals surface area (Å²) in [7, 11) is 0. The average Bonchev–Trinajstić information content (AvgIpc) is 2.87. The van der Waals surface area contributed by atoms with Crippen LogP contribution in [-0.4, -0.2) is 33.8 Å². The fraction of sp³-hybridized carbons (Fsp3) is 0.667. The second-order valence-electron chi connectivity index (χ2n) is 5.64. The van der Waals surface area contributed by atoms with Crippen molar-refractivity contribution in [1.29, 1.82) is 0 Å². The molecular formula is C15H23N3O2S. The van der Waals surface area contributed by atoms with Gasteiger partial charge in [0.2, 0.25) is 11.8 Å². The number of amides is 2. The molecule has 0 spiro atoms. The van der Waals surface area contributed by atoms with Gasteiger partial charge in [0, 0.05) is 11.1 Å². The number of rotatable bonds is 5. The molecule has 2 rings (SSSR count). The van der Waals surface area contributed by atoms with Crippen molar-refractivity contribution in [3.05, 3.63) is 16.1 Å². The Labute approximate surface area is 129 Å². The van der Waals surface area contributed by atoms with E-state index in [0.29, 0.717) is 13.0 Å². The Morgan fingerprint density at radius 1 is 1.43 bits per heavy atom. The summed E-state index contributed by atoms with van der Waals surface area (Å²) in [5.41, 5.74) is 0.954. The summed E-state index contributed by atoms with van der Waals surface area (Å²) in [5, 5.41) is 5.75. The van der Waals surface area contributed by atoms with E-state index in [4.69, 9.17) is 0 Å². The van der Waals surface area contributed by atoms with Crippen molar-refractivity contribution in [2.45, 2.75) is 59.2 Å². The first-order chi connectivity index (χ1) is 9.97. The molecule has 1 aromatic rings. The molecule has 21 heavy (non-hydrogen) atoms. The number of thiazole rings is 1. The van der Waals surface area contributed by atoms with Crippen LogP contribution in [0.25, 0.3) is 0 Å². The van der Waals surface area contributed by atoms with Gasteiger partial charge in [-0.25, -0.2) is 4.98 Å². The molecule has 0 aromatic carbocycles. The maximum atomic E-state index is 12.7. The lowest BCUT2D eigenvalue weighted by Gasteiger charge is -2.40.